The highest BCUT2D eigenvalue weighted by Crippen LogP contribution is 2.22. The first-order chi connectivity index (χ1) is 11.5. The SMILES string of the molecule is CN(C)C(=O)N1CCN(CC(=O)c2ccc3c(c2)CCCC3)CC1. The molecule has 5 nitrogen and oxygen atoms in total. The predicted octanol–water partition coefficient (Wildman–Crippen LogP) is 2.05. The smallest absolute Gasteiger partial charge is 0.319 e. The van der Waals surface area contributed by atoms with Crippen LogP contribution in [0.1, 0.15) is 34.3 Å². The number of piperazine rings is 1. The number of ketones is 1. The van der Waals surface area contributed by atoms with Crippen molar-refractivity contribution in [1.29, 1.82) is 0 Å². The van der Waals surface area contributed by atoms with Crippen molar-refractivity contribution in [3.8, 4) is 0 Å². The number of rotatable bonds is 3. The number of carbonyl (C=O) groups is 2. The number of hydrogen-bond donors (Lipinski definition) is 0. The summed E-state index contributed by atoms with van der Waals surface area (Å²) in [5, 5.41) is 0. The van der Waals surface area contributed by atoms with Crippen LogP contribution in [0, 0.1) is 0 Å². The molecule has 1 saturated heterocycles. The fourth-order valence-corrected chi connectivity index (χ4v) is 3.58. The molecule has 1 aliphatic heterocycles. The standard InChI is InChI=1S/C19H27N3O2/c1-20(2)19(24)22-11-9-21(10-12-22)14-18(23)17-8-7-15-5-3-4-6-16(15)13-17/h7-8,13H,3-6,9-12,14H2,1-2H3. The molecule has 1 aromatic carbocycles. The van der Waals surface area contributed by atoms with Crippen molar-refractivity contribution in [2.45, 2.75) is 25.7 Å². The summed E-state index contributed by atoms with van der Waals surface area (Å²) in [6, 6.07) is 6.27. The number of amides is 2. The van der Waals surface area contributed by atoms with E-state index in [9.17, 15) is 9.59 Å². The van der Waals surface area contributed by atoms with Crippen molar-refractivity contribution < 1.29 is 9.59 Å². The fraction of sp³-hybridized carbons (Fsp3) is 0.579. The van der Waals surface area contributed by atoms with Gasteiger partial charge in [0, 0.05) is 45.8 Å². The minimum atomic E-state index is 0.0515. The van der Waals surface area contributed by atoms with Gasteiger partial charge in [0.05, 0.1) is 6.54 Å². The molecule has 0 atom stereocenters. The number of nitrogens with zero attached hydrogens (tertiary/aromatic N) is 3. The molecule has 2 aliphatic rings. The Labute approximate surface area is 144 Å². The van der Waals surface area contributed by atoms with Gasteiger partial charge >= 0.3 is 6.03 Å². The summed E-state index contributed by atoms with van der Waals surface area (Å²) in [5.41, 5.74) is 3.60. The maximum absolute atomic E-state index is 12.6. The molecule has 2 amide bonds. The summed E-state index contributed by atoms with van der Waals surface area (Å²) in [7, 11) is 3.54. The van der Waals surface area contributed by atoms with Crippen molar-refractivity contribution in [3.63, 3.8) is 0 Å². The lowest BCUT2D eigenvalue weighted by molar-refractivity contribution is 0.0863. The van der Waals surface area contributed by atoms with Crippen LogP contribution in [0.4, 0.5) is 4.79 Å². The molecule has 1 aromatic rings. The van der Waals surface area contributed by atoms with Crippen LogP contribution in [0.3, 0.4) is 0 Å². The van der Waals surface area contributed by atoms with Gasteiger partial charge in [0.2, 0.25) is 0 Å². The first kappa shape index (κ1) is 17.0. The van der Waals surface area contributed by atoms with Crippen molar-refractivity contribution in [1.82, 2.24) is 14.7 Å². The van der Waals surface area contributed by atoms with Gasteiger partial charge in [-0.25, -0.2) is 4.79 Å². The number of benzene rings is 1. The number of Topliss-reactive ketones (excluding diaryl/α,β-unsaturated/α-hetero) is 1. The molecule has 0 N–H and O–H groups in total. The highest BCUT2D eigenvalue weighted by molar-refractivity contribution is 5.97. The second kappa shape index (κ2) is 7.34. The molecule has 0 aromatic heterocycles. The number of urea groups is 1. The van der Waals surface area contributed by atoms with Crippen molar-refractivity contribution in [2.24, 2.45) is 0 Å². The Bertz CT molecular complexity index is 619. The third-order valence-electron chi connectivity index (χ3n) is 5.06. The zero-order valence-electron chi connectivity index (χ0n) is 14.8. The maximum atomic E-state index is 12.6. The van der Waals surface area contributed by atoms with Crippen LogP contribution in [0.25, 0.3) is 0 Å². The molecule has 130 valence electrons. The van der Waals surface area contributed by atoms with E-state index in [0.717, 1.165) is 31.5 Å². The Morgan fingerprint density at radius 1 is 1.00 bits per heavy atom. The van der Waals surface area contributed by atoms with Crippen molar-refractivity contribution in [2.75, 3.05) is 46.8 Å². The van der Waals surface area contributed by atoms with Gasteiger partial charge in [0.25, 0.3) is 0 Å². The largest absolute Gasteiger partial charge is 0.331 e. The lowest BCUT2D eigenvalue weighted by Crippen LogP contribution is -2.52. The van der Waals surface area contributed by atoms with E-state index in [1.54, 1.807) is 19.0 Å². The van der Waals surface area contributed by atoms with Crippen LogP contribution in [0.5, 0.6) is 0 Å². The monoisotopic (exact) mass is 329 g/mol. The van der Waals surface area contributed by atoms with Gasteiger partial charge in [-0.05, 0) is 42.9 Å². The number of aryl methyl sites for hydroxylation is 2. The Morgan fingerprint density at radius 3 is 2.33 bits per heavy atom. The minimum absolute atomic E-state index is 0.0515. The number of carbonyl (C=O) groups excluding carboxylic acids is 2. The van der Waals surface area contributed by atoms with Crippen LogP contribution < -0.4 is 0 Å². The molecular formula is C19H27N3O2. The quantitative estimate of drug-likeness (QED) is 0.797. The van der Waals surface area contributed by atoms with Crippen molar-refractivity contribution >= 4 is 11.8 Å². The van der Waals surface area contributed by atoms with Crippen LogP contribution in [0.2, 0.25) is 0 Å². The zero-order chi connectivity index (χ0) is 17.1. The summed E-state index contributed by atoms with van der Waals surface area (Å²) in [6.07, 6.45) is 4.73. The fourth-order valence-electron chi connectivity index (χ4n) is 3.58. The molecule has 1 heterocycles. The van der Waals surface area contributed by atoms with E-state index in [4.69, 9.17) is 0 Å². The van der Waals surface area contributed by atoms with Crippen LogP contribution in [-0.4, -0.2) is 73.3 Å². The molecule has 0 unspecified atom stereocenters. The molecular weight excluding hydrogens is 302 g/mol. The summed E-state index contributed by atoms with van der Waals surface area (Å²) < 4.78 is 0. The van der Waals surface area contributed by atoms with Gasteiger partial charge in [0.1, 0.15) is 0 Å². The molecule has 1 aliphatic carbocycles. The summed E-state index contributed by atoms with van der Waals surface area (Å²) >= 11 is 0. The molecule has 0 spiro atoms. The second-order valence-electron chi connectivity index (χ2n) is 7.05. The van der Waals surface area contributed by atoms with E-state index >= 15 is 0 Å². The molecule has 0 saturated carbocycles. The second-order valence-corrected chi connectivity index (χ2v) is 7.05. The van der Waals surface area contributed by atoms with Gasteiger partial charge in [0.15, 0.2) is 5.78 Å². The average molecular weight is 329 g/mol. The Kier molecular flexibility index (Phi) is 5.19. The minimum Gasteiger partial charge on any atom is -0.331 e. The van der Waals surface area contributed by atoms with Crippen molar-refractivity contribution in [3.05, 3.63) is 34.9 Å². The number of hydrogen-bond acceptors (Lipinski definition) is 3. The lowest BCUT2D eigenvalue weighted by Gasteiger charge is -2.35. The maximum Gasteiger partial charge on any atom is 0.319 e. The van der Waals surface area contributed by atoms with Gasteiger partial charge in [-0.3, -0.25) is 9.69 Å². The van der Waals surface area contributed by atoms with E-state index in [0.29, 0.717) is 19.6 Å². The molecule has 24 heavy (non-hydrogen) atoms. The molecule has 3 rings (SSSR count). The summed E-state index contributed by atoms with van der Waals surface area (Å²) in [5.74, 6) is 0.191. The third kappa shape index (κ3) is 3.78. The average Bonchev–Trinajstić information content (AvgIpc) is 2.61. The van der Waals surface area contributed by atoms with E-state index < -0.39 is 0 Å². The Balaban J connectivity index is 1.55. The van der Waals surface area contributed by atoms with Gasteiger partial charge in [-0.15, -0.1) is 0 Å². The van der Waals surface area contributed by atoms with Crippen LogP contribution >= 0.6 is 0 Å². The normalized spacial score (nSPS) is 18.2. The summed E-state index contributed by atoms with van der Waals surface area (Å²) in [6.45, 7) is 3.35. The Morgan fingerprint density at radius 2 is 1.67 bits per heavy atom. The van der Waals surface area contributed by atoms with E-state index in [-0.39, 0.29) is 11.8 Å². The lowest BCUT2D eigenvalue weighted by atomic mass is 9.90. The molecule has 5 heteroatoms. The summed E-state index contributed by atoms with van der Waals surface area (Å²) in [4.78, 5) is 30.1. The van der Waals surface area contributed by atoms with E-state index in [1.807, 2.05) is 11.0 Å². The van der Waals surface area contributed by atoms with Crippen LogP contribution in [-0.2, 0) is 12.8 Å². The van der Waals surface area contributed by atoms with E-state index in [1.165, 1.54) is 24.0 Å². The molecule has 0 bridgehead atoms. The first-order valence-corrected chi connectivity index (χ1v) is 8.88. The predicted molar refractivity (Wildman–Crippen MR) is 94.5 cm³/mol. The number of fused-ring (bicyclic) bond motifs is 1. The Hall–Kier alpha value is -1.88. The zero-order valence-corrected chi connectivity index (χ0v) is 14.8. The van der Waals surface area contributed by atoms with Gasteiger partial charge < -0.3 is 9.80 Å². The topological polar surface area (TPSA) is 43.9 Å². The van der Waals surface area contributed by atoms with Gasteiger partial charge in [-0.2, -0.15) is 0 Å². The highest BCUT2D eigenvalue weighted by Gasteiger charge is 2.24. The van der Waals surface area contributed by atoms with Gasteiger partial charge in [-0.1, -0.05) is 12.1 Å². The van der Waals surface area contributed by atoms with Crippen LogP contribution in [0.15, 0.2) is 18.2 Å². The first-order valence-electron chi connectivity index (χ1n) is 8.88. The molecule has 1 fully saturated rings. The molecule has 0 radical (unpaired) electrons. The highest BCUT2D eigenvalue weighted by atomic mass is 16.2. The third-order valence-corrected chi connectivity index (χ3v) is 5.06. The van der Waals surface area contributed by atoms with E-state index in [2.05, 4.69) is 17.0 Å².